The third-order valence-electron chi connectivity index (χ3n) is 1.42. The summed E-state index contributed by atoms with van der Waals surface area (Å²) in [5.41, 5.74) is 4.31. The van der Waals surface area contributed by atoms with Crippen LogP contribution >= 0.6 is 24.4 Å². The highest BCUT2D eigenvalue weighted by molar-refractivity contribution is 8.00. The summed E-state index contributed by atoms with van der Waals surface area (Å²) in [5, 5.41) is -0.590. The van der Waals surface area contributed by atoms with Gasteiger partial charge in [-0.05, 0) is 12.1 Å². The Morgan fingerprint density at radius 2 is 1.87 bits per heavy atom. The lowest BCUT2D eigenvalue weighted by Gasteiger charge is -2.03. The maximum absolute atomic E-state index is 11.1. The van der Waals surface area contributed by atoms with Gasteiger partial charge in [-0.15, -0.1) is 11.8 Å². The van der Waals surface area contributed by atoms with Gasteiger partial charge in [-0.3, -0.25) is 20.4 Å². The van der Waals surface area contributed by atoms with Crippen molar-refractivity contribution in [3.8, 4) is 0 Å². The van der Waals surface area contributed by atoms with Crippen molar-refractivity contribution in [2.75, 3.05) is 5.75 Å². The molecular weight excluding hydrogens is 232 g/mol. The Balaban J connectivity index is 2.26. The number of carbonyl (C=O) groups excluding carboxylic acids is 2. The van der Waals surface area contributed by atoms with Crippen LogP contribution in [0.15, 0.2) is 35.2 Å². The molecule has 0 radical (unpaired) electrons. The van der Waals surface area contributed by atoms with Gasteiger partial charge < -0.3 is 0 Å². The van der Waals surface area contributed by atoms with Crippen LogP contribution in [0.1, 0.15) is 0 Å². The van der Waals surface area contributed by atoms with Crippen molar-refractivity contribution in [1.82, 2.24) is 10.9 Å². The SMILES string of the molecule is O=C(S)NNC(=O)CSc1ccccc1. The van der Waals surface area contributed by atoms with E-state index in [1.807, 2.05) is 30.3 Å². The molecule has 0 fully saturated rings. The van der Waals surface area contributed by atoms with E-state index in [4.69, 9.17) is 0 Å². The fourth-order valence-corrected chi connectivity index (χ4v) is 1.60. The number of carbonyl (C=O) groups is 2. The van der Waals surface area contributed by atoms with E-state index >= 15 is 0 Å². The van der Waals surface area contributed by atoms with E-state index in [2.05, 4.69) is 23.5 Å². The number of amides is 2. The number of hydrazine groups is 1. The molecule has 0 bridgehead atoms. The van der Waals surface area contributed by atoms with Gasteiger partial charge in [-0.1, -0.05) is 30.8 Å². The second-order valence-electron chi connectivity index (χ2n) is 2.58. The highest BCUT2D eigenvalue weighted by Gasteiger charge is 2.02. The second-order valence-corrected chi connectivity index (χ2v) is 4.03. The summed E-state index contributed by atoms with van der Waals surface area (Å²) in [4.78, 5) is 22.5. The molecule has 0 saturated heterocycles. The Morgan fingerprint density at radius 3 is 2.47 bits per heavy atom. The Labute approximate surface area is 97.2 Å². The summed E-state index contributed by atoms with van der Waals surface area (Å²) in [7, 11) is 0. The van der Waals surface area contributed by atoms with Gasteiger partial charge in [0.25, 0.3) is 5.24 Å². The third kappa shape index (κ3) is 5.34. The minimum absolute atomic E-state index is 0.248. The minimum Gasteiger partial charge on any atom is -0.272 e. The van der Waals surface area contributed by atoms with Gasteiger partial charge in [0.15, 0.2) is 0 Å². The summed E-state index contributed by atoms with van der Waals surface area (Å²) >= 11 is 4.83. The molecule has 6 heteroatoms. The van der Waals surface area contributed by atoms with Crippen LogP contribution in [-0.2, 0) is 4.79 Å². The molecule has 0 spiro atoms. The van der Waals surface area contributed by atoms with E-state index < -0.39 is 5.24 Å². The Morgan fingerprint density at radius 1 is 1.20 bits per heavy atom. The maximum atomic E-state index is 11.1. The number of hydrogen-bond donors (Lipinski definition) is 3. The fourth-order valence-electron chi connectivity index (χ4n) is 0.825. The molecule has 2 N–H and O–H groups in total. The zero-order valence-electron chi connectivity index (χ0n) is 7.77. The molecule has 15 heavy (non-hydrogen) atoms. The molecular formula is C9H10N2O2S2. The van der Waals surface area contributed by atoms with Crippen LogP contribution in [0.25, 0.3) is 0 Å². The Hall–Kier alpha value is -1.14. The van der Waals surface area contributed by atoms with E-state index in [-0.39, 0.29) is 11.7 Å². The predicted octanol–water partition coefficient (Wildman–Crippen LogP) is 1.45. The van der Waals surface area contributed by atoms with Gasteiger partial charge in [-0.2, -0.15) is 0 Å². The smallest absolute Gasteiger partial charge is 0.272 e. The molecule has 0 aliphatic carbocycles. The largest absolute Gasteiger partial charge is 0.294 e. The highest BCUT2D eigenvalue weighted by atomic mass is 32.2. The molecule has 1 aromatic carbocycles. The quantitative estimate of drug-likeness (QED) is 0.427. The normalized spacial score (nSPS) is 9.40. The maximum Gasteiger partial charge on any atom is 0.294 e. The first-order chi connectivity index (χ1) is 7.18. The lowest BCUT2D eigenvalue weighted by Crippen LogP contribution is -2.39. The van der Waals surface area contributed by atoms with Crippen molar-refractivity contribution < 1.29 is 9.59 Å². The summed E-state index contributed by atoms with van der Waals surface area (Å²) in [6, 6.07) is 9.53. The molecule has 0 heterocycles. The molecule has 4 nitrogen and oxygen atoms in total. The Bertz CT molecular complexity index is 343. The number of nitrogens with one attached hydrogen (secondary N) is 2. The van der Waals surface area contributed by atoms with Gasteiger partial charge in [0.05, 0.1) is 5.75 Å². The van der Waals surface area contributed by atoms with Crippen LogP contribution in [0, 0.1) is 0 Å². The highest BCUT2D eigenvalue weighted by Crippen LogP contribution is 2.15. The van der Waals surface area contributed by atoms with Crippen LogP contribution < -0.4 is 10.9 Å². The number of thioether (sulfide) groups is 1. The summed E-state index contributed by atoms with van der Waals surface area (Å²) in [5.74, 6) is -0.0239. The predicted molar refractivity (Wildman–Crippen MR) is 62.8 cm³/mol. The lowest BCUT2D eigenvalue weighted by atomic mass is 10.4. The van der Waals surface area contributed by atoms with Crippen molar-refractivity contribution >= 4 is 35.5 Å². The molecule has 1 rings (SSSR count). The van der Waals surface area contributed by atoms with E-state index in [0.29, 0.717) is 0 Å². The molecule has 0 aliphatic rings. The Kier molecular flexibility index (Phi) is 5.06. The number of benzene rings is 1. The fraction of sp³-hybridized carbons (Fsp3) is 0.111. The first-order valence-corrected chi connectivity index (χ1v) is 5.57. The number of rotatable bonds is 3. The van der Waals surface area contributed by atoms with E-state index in [1.54, 1.807) is 0 Å². The summed E-state index contributed by atoms with van der Waals surface area (Å²) in [6.07, 6.45) is 0. The first kappa shape index (κ1) is 11.9. The summed E-state index contributed by atoms with van der Waals surface area (Å²) < 4.78 is 0. The standard InChI is InChI=1S/C9H10N2O2S2/c12-8(10-11-9(13)14)6-15-7-4-2-1-3-5-7/h1-5H,6H2,(H,10,12)(H2,11,13,14). The van der Waals surface area contributed by atoms with Crippen molar-refractivity contribution in [1.29, 1.82) is 0 Å². The lowest BCUT2D eigenvalue weighted by molar-refractivity contribution is -0.119. The van der Waals surface area contributed by atoms with Crippen LogP contribution in [-0.4, -0.2) is 16.9 Å². The van der Waals surface area contributed by atoms with Gasteiger partial charge in [0.1, 0.15) is 0 Å². The van der Waals surface area contributed by atoms with Crippen molar-refractivity contribution in [2.24, 2.45) is 0 Å². The molecule has 2 amide bonds. The molecule has 0 atom stereocenters. The molecule has 80 valence electrons. The number of hydrogen-bond acceptors (Lipinski definition) is 3. The molecule has 0 aliphatic heterocycles. The average Bonchev–Trinajstić information content (AvgIpc) is 2.25. The van der Waals surface area contributed by atoms with Crippen LogP contribution in [0.3, 0.4) is 0 Å². The van der Waals surface area contributed by atoms with Crippen LogP contribution in [0.2, 0.25) is 0 Å². The van der Waals surface area contributed by atoms with Gasteiger partial charge >= 0.3 is 0 Å². The monoisotopic (exact) mass is 242 g/mol. The van der Waals surface area contributed by atoms with Gasteiger partial charge in [0, 0.05) is 4.90 Å². The molecule has 0 unspecified atom stereocenters. The van der Waals surface area contributed by atoms with Crippen LogP contribution in [0.4, 0.5) is 4.79 Å². The molecule has 0 saturated carbocycles. The average molecular weight is 242 g/mol. The number of thiol groups is 1. The second kappa shape index (κ2) is 6.36. The minimum atomic E-state index is -0.590. The van der Waals surface area contributed by atoms with Gasteiger partial charge in [0.2, 0.25) is 5.91 Å². The van der Waals surface area contributed by atoms with Crippen LogP contribution in [0.5, 0.6) is 0 Å². The van der Waals surface area contributed by atoms with E-state index in [0.717, 1.165) is 4.90 Å². The van der Waals surface area contributed by atoms with Crippen molar-refractivity contribution in [3.63, 3.8) is 0 Å². The first-order valence-electron chi connectivity index (χ1n) is 4.14. The molecule has 0 aromatic heterocycles. The van der Waals surface area contributed by atoms with E-state index in [1.165, 1.54) is 11.8 Å². The van der Waals surface area contributed by atoms with Crippen molar-refractivity contribution in [2.45, 2.75) is 4.90 Å². The molecule has 1 aromatic rings. The third-order valence-corrected chi connectivity index (χ3v) is 2.55. The topological polar surface area (TPSA) is 58.2 Å². The zero-order chi connectivity index (χ0) is 11.1. The van der Waals surface area contributed by atoms with Crippen molar-refractivity contribution in [3.05, 3.63) is 30.3 Å². The van der Waals surface area contributed by atoms with Gasteiger partial charge in [-0.25, -0.2) is 0 Å². The summed E-state index contributed by atoms with van der Waals surface area (Å²) in [6.45, 7) is 0. The van der Waals surface area contributed by atoms with E-state index in [9.17, 15) is 9.59 Å². The zero-order valence-corrected chi connectivity index (χ0v) is 9.48.